The number of esters is 1. The molecule has 0 aromatic rings. The molecule has 1 amide bonds. The maximum atomic E-state index is 10.7. The van der Waals surface area contributed by atoms with E-state index in [1.165, 1.54) is 0 Å². The van der Waals surface area contributed by atoms with E-state index >= 15 is 0 Å². The van der Waals surface area contributed by atoms with Crippen molar-refractivity contribution in [3.8, 4) is 0 Å². The summed E-state index contributed by atoms with van der Waals surface area (Å²) in [6, 6.07) is 0. The maximum Gasteiger partial charge on any atom is 0.472 e. The van der Waals surface area contributed by atoms with Gasteiger partial charge in [-0.05, 0) is 0 Å². The fraction of sp³-hybridized carbons (Fsp3) is 0.375. The number of ether oxygens (including phenoxy) is 1. The van der Waals surface area contributed by atoms with E-state index in [1.54, 1.807) is 13.8 Å². The van der Waals surface area contributed by atoms with Gasteiger partial charge in [0.15, 0.2) is 0 Å². The second-order valence-electron chi connectivity index (χ2n) is 2.53. The number of carbonyl (C=O) groups is 2. The molecule has 0 rings (SSSR count). The summed E-state index contributed by atoms with van der Waals surface area (Å²) in [6.45, 7) is 6.34. The van der Waals surface area contributed by atoms with Crippen LogP contribution in [0.5, 0.6) is 0 Å². The number of nitrogens with two attached hydrogens (primary N) is 1. The molecule has 0 aliphatic carbocycles. The Labute approximate surface area is 81.6 Å². The molecule has 14 heavy (non-hydrogen) atoms. The topological polar surface area (TPSA) is 81.6 Å². The number of rotatable bonds is 4. The molecule has 6 nitrogen and oxygen atoms in total. The molecule has 0 aromatic carbocycles. The lowest BCUT2D eigenvalue weighted by atomic mass is 10.5. The first-order valence-electron chi connectivity index (χ1n) is 3.81. The molecule has 0 atom stereocenters. The van der Waals surface area contributed by atoms with Crippen LogP contribution in [-0.2, 0) is 14.4 Å². The summed E-state index contributed by atoms with van der Waals surface area (Å²) in [5.74, 6) is -0.607. The molecule has 0 radical (unpaired) electrons. The third kappa shape index (κ3) is 4.91. The highest BCUT2D eigenvalue weighted by molar-refractivity contribution is 5.81. The van der Waals surface area contributed by atoms with E-state index in [9.17, 15) is 9.59 Å². The van der Waals surface area contributed by atoms with Crippen molar-refractivity contribution in [2.75, 3.05) is 6.73 Å². The second-order valence-corrected chi connectivity index (χ2v) is 2.53. The van der Waals surface area contributed by atoms with Crippen molar-refractivity contribution in [2.45, 2.75) is 13.8 Å². The van der Waals surface area contributed by atoms with Gasteiger partial charge in [0.2, 0.25) is 5.71 Å². The van der Waals surface area contributed by atoms with Gasteiger partial charge in [-0.3, -0.25) is 0 Å². The standard InChI is InChI=1S/C8H12N2O4/c1-4-7(11)13-5-10(6(2)3)14-8(9)12/h4H,1,5H2,2-3H3,(H-,9,12)/p+1. The van der Waals surface area contributed by atoms with E-state index in [1.807, 2.05) is 0 Å². The van der Waals surface area contributed by atoms with Crippen LogP contribution in [0.3, 0.4) is 0 Å². The van der Waals surface area contributed by atoms with E-state index in [0.29, 0.717) is 5.71 Å². The molecule has 0 bridgehead atoms. The van der Waals surface area contributed by atoms with Gasteiger partial charge in [-0.15, -0.1) is 0 Å². The predicted molar refractivity (Wildman–Crippen MR) is 48.4 cm³/mol. The highest BCUT2D eigenvalue weighted by Gasteiger charge is 2.14. The van der Waals surface area contributed by atoms with E-state index < -0.39 is 12.1 Å². The third-order valence-electron chi connectivity index (χ3n) is 1.19. The lowest BCUT2D eigenvalue weighted by molar-refractivity contribution is -0.778. The van der Waals surface area contributed by atoms with Crippen LogP contribution >= 0.6 is 0 Å². The average molecular weight is 201 g/mol. The summed E-state index contributed by atoms with van der Waals surface area (Å²) in [5.41, 5.74) is 5.42. The highest BCUT2D eigenvalue weighted by atomic mass is 16.7. The van der Waals surface area contributed by atoms with Crippen LogP contribution < -0.4 is 5.73 Å². The SMILES string of the molecule is C=CC(=O)OC[N+](OC(N)=O)=C(C)C. The molecule has 0 aliphatic rings. The third-order valence-corrected chi connectivity index (χ3v) is 1.19. The summed E-state index contributed by atoms with van der Waals surface area (Å²) in [5, 5.41) is 0. The van der Waals surface area contributed by atoms with E-state index in [0.717, 1.165) is 10.8 Å². The van der Waals surface area contributed by atoms with Gasteiger partial charge in [0.1, 0.15) is 0 Å². The molecule has 78 valence electrons. The number of primary amides is 1. The van der Waals surface area contributed by atoms with Gasteiger partial charge < -0.3 is 10.5 Å². The monoisotopic (exact) mass is 201 g/mol. The normalized spacial score (nSPS) is 8.71. The van der Waals surface area contributed by atoms with Crippen molar-refractivity contribution in [1.29, 1.82) is 0 Å². The number of hydroxylamine groups is 1. The molecular formula is C8H13N2O4+. The van der Waals surface area contributed by atoms with Crippen molar-refractivity contribution >= 4 is 17.8 Å². The van der Waals surface area contributed by atoms with Crippen molar-refractivity contribution in [1.82, 2.24) is 0 Å². The number of nitrogens with zero attached hydrogens (tertiary/aromatic N) is 1. The minimum Gasteiger partial charge on any atom is -0.398 e. The molecular weight excluding hydrogens is 188 g/mol. The molecule has 0 spiro atoms. The van der Waals surface area contributed by atoms with Crippen LogP contribution in [0.4, 0.5) is 4.79 Å². The molecule has 0 heterocycles. The van der Waals surface area contributed by atoms with Gasteiger partial charge in [-0.25, -0.2) is 9.59 Å². The summed E-state index contributed by atoms with van der Waals surface area (Å²) < 4.78 is 5.69. The van der Waals surface area contributed by atoms with Gasteiger partial charge in [0, 0.05) is 24.7 Å². The van der Waals surface area contributed by atoms with Crippen LogP contribution in [-0.4, -0.2) is 29.2 Å². The Bertz CT molecular complexity index is 279. The van der Waals surface area contributed by atoms with E-state index in [4.69, 9.17) is 5.73 Å². The summed E-state index contributed by atoms with van der Waals surface area (Å²) in [6.07, 6.45) is 0.0359. The molecule has 0 fully saturated rings. The van der Waals surface area contributed by atoms with Gasteiger partial charge >= 0.3 is 18.8 Å². The molecule has 0 aliphatic heterocycles. The summed E-state index contributed by atoms with van der Waals surface area (Å²) in [7, 11) is 0. The van der Waals surface area contributed by atoms with Crippen molar-refractivity contribution < 1.29 is 23.9 Å². The maximum absolute atomic E-state index is 10.7. The summed E-state index contributed by atoms with van der Waals surface area (Å²) >= 11 is 0. The van der Waals surface area contributed by atoms with Gasteiger partial charge in [0.25, 0.3) is 0 Å². The van der Waals surface area contributed by atoms with Crippen LogP contribution in [0.15, 0.2) is 12.7 Å². The zero-order valence-electron chi connectivity index (χ0n) is 8.15. The Kier molecular flexibility index (Phi) is 4.98. The Hall–Kier alpha value is -1.85. The van der Waals surface area contributed by atoms with Gasteiger partial charge in [-0.2, -0.15) is 4.84 Å². The van der Waals surface area contributed by atoms with Crippen LogP contribution in [0.25, 0.3) is 0 Å². The minimum atomic E-state index is -0.971. The molecule has 0 aromatic heterocycles. The van der Waals surface area contributed by atoms with Crippen molar-refractivity contribution in [3.05, 3.63) is 12.7 Å². The number of carbonyl (C=O) groups excluding carboxylic acids is 2. The lowest BCUT2D eigenvalue weighted by Crippen LogP contribution is -2.28. The lowest BCUT2D eigenvalue weighted by Gasteiger charge is -2.00. The Morgan fingerprint density at radius 1 is 1.50 bits per heavy atom. The first-order chi connectivity index (χ1) is 6.47. The number of amides is 1. The first-order valence-corrected chi connectivity index (χ1v) is 3.81. The smallest absolute Gasteiger partial charge is 0.398 e. The number of hydrogen-bond acceptors (Lipinski definition) is 4. The highest BCUT2D eigenvalue weighted by Crippen LogP contribution is 1.87. The first kappa shape index (κ1) is 12.2. The number of hydrogen-bond donors (Lipinski definition) is 1. The fourth-order valence-electron chi connectivity index (χ4n) is 0.537. The van der Waals surface area contributed by atoms with Gasteiger partial charge in [0.05, 0.1) is 0 Å². The minimum absolute atomic E-state index is 0.212. The Balaban J connectivity index is 4.27. The van der Waals surface area contributed by atoms with Crippen molar-refractivity contribution in [2.24, 2.45) is 5.73 Å². The summed E-state index contributed by atoms with van der Waals surface area (Å²) in [4.78, 5) is 25.6. The zero-order chi connectivity index (χ0) is 11.1. The quantitative estimate of drug-likeness (QED) is 0.134. The second kappa shape index (κ2) is 5.74. The van der Waals surface area contributed by atoms with Crippen LogP contribution in [0.2, 0.25) is 0 Å². The Morgan fingerprint density at radius 2 is 2.07 bits per heavy atom. The Morgan fingerprint density at radius 3 is 2.43 bits per heavy atom. The molecule has 0 saturated heterocycles. The molecule has 0 unspecified atom stereocenters. The van der Waals surface area contributed by atoms with Crippen LogP contribution in [0, 0.1) is 0 Å². The van der Waals surface area contributed by atoms with Crippen LogP contribution in [0.1, 0.15) is 13.8 Å². The van der Waals surface area contributed by atoms with E-state index in [2.05, 4.69) is 16.2 Å². The molecule has 0 saturated carbocycles. The van der Waals surface area contributed by atoms with Crippen molar-refractivity contribution in [3.63, 3.8) is 0 Å². The zero-order valence-corrected chi connectivity index (χ0v) is 8.15. The largest absolute Gasteiger partial charge is 0.472 e. The predicted octanol–water partition coefficient (Wildman–Crippen LogP) is 0.177. The molecule has 6 heteroatoms. The van der Waals surface area contributed by atoms with E-state index in [-0.39, 0.29) is 6.73 Å². The average Bonchev–Trinajstić information content (AvgIpc) is 2.10. The van der Waals surface area contributed by atoms with Gasteiger partial charge in [-0.1, -0.05) is 6.58 Å². The molecule has 2 N–H and O–H groups in total. The fourth-order valence-corrected chi connectivity index (χ4v) is 0.537.